The molecule has 0 bridgehead atoms. The van der Waals surface area contributed by atoms with Gasteiger partial charge in [-0.05, 0) is 51.5 Å². The number of carboxylic acids is 1. The molecule has 0 aliphatic heterocycles. The lowest BCUT2D eigenvalue weighted by atomic mass is 10.1. The Bertz CT molecular complexity index is 969. The number of amides is 4. The largest absolute Gasteiger partial charge is 0.480 e. The van der Waals surface area contributed by atoms with E-state index in [-0.39, 0.29) is 44.1 Å². The first-order valence-electron chi connectivity index (χ1n) is 14.0. The summed E-state index contributed by atoms with van der Waals surface area (Å²) in [6, 6.07) is -6.69. The van der Waals surface area contributed by atoms with Crippen molar-refractivity contribution in [3.8, 4) is 0 Å². The average molecular weight is 633 g/mol. The summed E-state index contributed by atoms with van der Waals surface area (Å²) >= 11 is 0. The summed E-state index contributed by atoms with van der Waals surface area (Å²) in [4.78, 5) is 62.9. The molecule has 0 rings (SSSR count). The first-order chi connectivity index (χ1) is 20.8. The number of aliphatic hydroxyl groups excluding tert-OH is 2. The number of aliphatic carboxylic acids is 1. The Morgan fingerprint density at radius 3 is 1.45 bits per heavy atom. The third kappa shape index (κ3) is 17.0. The number of carbonyl (C=O) groups excluding carboxylic acids is 4. The third-order valence-electron chi connectivity index (χ3n) is 6.15. The third-order valence-corrected chi connectivity index (χ3v) is 6.15. The van der Waals surface area contributed by atoms with Crippen LogP contribution in [0.5, 0.6) is 0 Å². The fraction of sp³-hybridized carbons (Fsp3) is 0.708. The van der Waals surface area contributed by atoms with Crippen molar-refractivity contribution in [2.45, 2.75) is 75.2 Å². The van der Waals surface area contributed by atoms with E-state index >= 15 is 0 Å². The molecule has 0 fully saturated rings. The van der Waals surface area contributed by atoms with Crippen LogP contribution >= 0.6 is 0 Å². The maximum absolute atomic E-state index is 13.3. The van der Waals surface area contributed by atoms with Crippen molar-refractivity contribution in [1.82, 2.24) is 31.9 Å². The van der Waals surface area contributed by atoms with Gasteiger partial charge in [-0.25, -0.2) is 4.79 Å². The van der Waals surface area contributed by atoms with Gasteiger partial charge in [-0.2, -0.15) is 0 Å². The van der Waals surface area contributed by atoms with Crippen LogP contribution in [0.1, 0.15) is 44.9 Å². The normalized spacial score (nSPS) is 14.1. The minimum absolute atomic E-state index is 0.0335. The Morgan fingerprint density at radius 1 is 0.614 bits per heavy atom. The van der Waals surface area contributed by atoms with Gasteiger partial charge >= 0.3 is 5.97 Å². The molecule has 0 aliphatic carbocycles. The lowest BCUT2D eigenvalue weighted by Crippen LogP contribution is -2.59. The highest BCUT2D eigenvalue weighted by Crippen LogP contribution is 2.06. The number of nitrogens with one attached hydrogen (secondary N) is 8. The number of nitrogens with two attached hydrogens (primary N) is 4. The molecule has 20 heteroatoms. The molecule has 0 unspecified atom stereocenters. The quantitative estimate of drug-likeness (QED) is 0.0283. The van der Waals surface area contributed by atoms with Crippen LogP contribution in [0.25, 0.3) is 0 Å². The molecule has 4 amide bonds. The van der Waals surface area contributed by atoms with Crippen molar-refractivity contribution >= 4 is 41.5 Å². The van der Waals surface area contributed by atoms with E-state index in [2.05, 4.69) is 31.9 Å². The number of guanidine groups is 2. The van der Waals surface area contributed by atoms with E-state index in [4.69, 9.17) is 33.8 Å². The maximum Gasteiger partial charge on any atom is 0.328 e. The van der Waals surface area contributed by atoms with Crippen LogP contribution in [0, 0.1) is 10.8 Å². The molecule has 20 nitrogen and oxygen atoms in total. The first-order valence-corrected chi connectivity index (χ1v) is 14.0. The average Bonchev–Trinajstić information content (AvgIpc) is 2.96. The van der Waals surface area contributed by atoms with Crippen molar-refractivity contribution in [2.75, 3.05) is 32.8 Å². The fourth-order valence-electron chi connectivity index (χ4n) is 3.71. The molecule has 0 heterocycles. The minimum atomic E-state index is -1.64. The molecule has 0 aromatic rings. The van der Waals surface area contributed by atoms with Gasteiger partial charge in [-0.15, -0.1) is 0 Å². The molecule has 19 N–H and O–H groups in total. The van der Waals surface area contributed by atoms with Crippen molar-refractivity contribution in [3.63, 3.8) is 0 Å². The molecule has 0 aromatic carbocycles. The summed E-state index contributed by atoms with van der Waals surface area (Å²) < 4.78 is 0. The zero-order valence-electron chi connectivity index (χ0n) is 24.6. The Balaban J connectivity index is 5.61. The molecule has 252 valence electrons. The van der Waals surface area contributed by atoms with Crippen LogP contribution in [0.3, 0.4) is 0 Å². The second kappa shape index (κ2) is 22.3. The van der Waals surface area contributed by atoms with Gasteiger partial charge in [0.2, 0.25) is 23.6 Å². The number of unbranched alkanes of at least 4 members (excludes halogenated alkanes) is 1. The van der Waals surface area contributed by atoms with Crippen molar-refractivity contribution < 1.29 is 39.3 Å². The van der Waals surface area contributed by atoms with Gasteiger partial charge in [0.15, 0.2) is 11.9 Å². The molecule has 5 atom stereocenters. The van der Waals surface area contributed by atoms with Crippen molar-refractivity contribution in [1.29, 1.82) is 10.8 Å². The molecular weight excluding hydrogens is 584 g/mol. The van der Waals surface area contributed by atoms with E-state index in [9.17, 15) is 39.3 Å². The van der Waals surface area contributed by atoms with Gasteiger partial charge in [-0.1, -0.05) is 0 Å². The number of carbonyl (C=O) groups is 5. The topological polar surface area (TPSA) is 370 Å². The molecule has 0 spiro atoms. The highest BCUT2D eigenvalue weighted by molar-refractivity contribution is 5.95. The highest BCUT2D eigenvalue weighted by atomic mass is 16.4. The number of hydrogen-bond acceptors (Lipinski definition) is 11. The predicted molar refractivity (Wildman–Crippen MR) is 159 cm³/mol. The second-order valence-electron chi connectivity index (χ2n) is 9.80. The predicted octanol–water partition coefficient (Wildman–Crippen LogP) is -6.02. The van der Waals surface area contributed by atoms with Gasteiger partial charge in [-0.3, -0.25) is 30.0 Å². The lowest BCUT2D eigenvalue weighted by Gasteiger charge is -2.26. The zero-order chi connectivity index (χ0) is 33.7. The van der Waals surface area contributed by atoms with E-state index in [1.807, 2.05) is 0 Å². The number of aliphatic hydroxyl groups is 2. The summed E-state index contributed by atoms with van der Waals surface area (Å²) in [6.07, 6.45) is 1.69. The standard InChI is InChI=1S/C24H48N12O8/c25-8-2-1-6-14(34-21(42)16(11-37)35-18(39)13(26)5-3-9-31-23(27)28)19(40)33-15(7-4-10-32-24(29)30)20(41)36-17(12-38)22(43)44/h13-17,37-38H,1-12,25-26H2,(H,33,40)(H,34,42)(H,35,39)(H,36,41)(H,43,44)(H4,27,28,31)(H4,29,30,32)/t13-,14-,15-,16-,17-/m0/s1. The molecule has 0 saturated heterocycles. The SMILES string of the molecule is N=C(N)NCCC[C@H](NC(=O)[C@H](CCCCN)NC(=O)[C@H](CO)NC(=O)[C@@H](N)CCCNC(=N)N)C(=O)N[C@@H](CO)C(=O)O. The van der Waals surface area contributed by atoms with Gasteiger partial charge in [0.05, 0.1) is 19.3 Å². The Kier molecular flexibility index (Phi) is 20.1. The lowest BCUT2D eigenvalue weighted by molar-refractivity contribution is -0.143. The number of hydrogen-bond donors (Lipinski definition) is 15. The van der Waals surface area contributed by atoms with Gasteiger partial charge < -0.3 is 70.2 Å². The smallest absolute Gasteiger partial charge is 0.328 e. The first kappa shape index (κ1) is 39.7. The Morgan fingerprint density at radius 2 is 1.02 bits per heavy atom. The number of rotatable bonds is 23. The summed E-state index contributed by atoms with van der Waals surface area (Å²) in [6.45, 7) is -0.981. The van der Waals surface area contributed by atoms with Crippen LogP contribution < -0.4 is 54.8 Å². The van der Waals surface area contributed by atoms with Crippen LogP contribution in [-0.2, 0) is 24.0 Å². The fourth-order valence-corrected chi connectivity index (χ4v) is 3.71. The maximum atomic E-state index is 13.3. The molecule has 0 aromatic heterocycles. The zero-order valence-corrected chi connectivity index (χ0v) is 24.6. The highest BCUT2D eigenvalue weighted by Gasteiger charge is 2.31. The molecule has 0 saturated carbocycles. The molecule has 0 radical (unpaired) electrons. The van der Waals surface area contributed by atoms with E-state index < -0.39 is 73.0 Å². The van der Waals surface area contributed by atoms with E-state index in [1.165, 1.54) is 0 Å². The van der Waals surface area contributed by atoms with E-state index in [0.29, 0.717) is 32.4 Å². The molecule has 0 aliphatic rings. The van der Waals surface area contributed by atoms with Crippen LogP contribution in [-0.4, -0.2) is 120 Å². The molecule has 44 heavy (non-hydrogen) atoms. The summed E-state index contributed by atoms with van der Waals surface area (Å²) in [5.74, 6) is -5.43. The van der Waals surface area contributed by atoms with E-state index in [1.54, 1.807) is 0 Å². The summed E-state index contributed by atoms with van der Waals surface area (Å²) in [5, 5.41) is 57.0. The van der Waals surface area contributed by atoms with Crippen LogP contribution in [0.2, 0.25) is 0 Å². The van der Waals surface area contributed by atoms with Crippen LogP contribution in [0.15, 0.2) is 0 Å². The summed E-state index contributed by atoms with van der Waals surface area (Å²) in [7, 11) is 0. The van der Waals surface area contributed by atoms with Crippen molar-refractivity contribution in [3.05, 3.63) is 0 Å². The van der Waals surface area contributed by atoms with Gasteiger partial charge in [0.1, 0.15) is 24.2 Å². The van der Waals surface area contributed by atoms with Gasteiger partial charge in [0.25, 0.3) is 0 Å². The monoisotopic (exact) mass is 632 g/mol. The van der Waals surface area contributed by atoms with E-state index in [0.717, 1.165) is 0 Å². The minimum Gasteiger partial charge on any atom is -0.480 e. The van der Waals surface area contributed by atoms with Crippen LogP contribution in [0.4, 0.5) is 0 Å². The van der Waals surface area contributed by atoms with Gasteiger partial charge in [0, 0.05) is 13.1 Å². The molecular formula is C24H48N12O8. The van der Waals surface area contributed by atoms with Crippen molar-refractivity contribution in [2.24, 2.45) is 22.9 Å². The Hall–Kier alpha value is -4.27. The summed E-state index contributed by atoms with van der Waals surface area (Å²) in [5.41, 5.74) is 21.8. The second-order valence-corrected chi connectivity index (χ2v) is 9.80. The Labute approximate surface area is 254 Å². The number of carboxylic acid groups (broad SMARTS) is 1.